The lowest BCUT2D eigenvalue weighted by Crippen LogP contribution is -2.51. The van der Waals surface area contributed by atoms with Crippen molar-refractivity contribution in [3.8, 4) is 0 Å². The average Bonchev–Trinajstić information content (AvgIpc) is 2.16. The highest BCUT2D eigenvalue weighted by Crippen LogP contribution is 2.40. The zero-order valence-electron chi connectivity index (χ0n) is 8.17. The predicted octanol–water partition coefficient (Wildman–Crippen LogP) is 0.275. The third-order valence-corrected chi connectivity index (χ3v) is 3.89. The summed E-state index contributed by atoms with van der Waals surface area (Å²) in [4.78, 5) is 23.6. The van der Waals surface area contributed by atoms with E-state index in [2.05, 4.69) is 0 Å². The number of β-lactam (4-membered cyclic amide) rings is 1. The van der Waals surface area contributed by atoms with Crippen molar-refractivity contribution in [3.05, 3.63) is 11.8 Å². The van der Waals surface area contributed by atoms with Gasteiger partial charge in [0.05, 0.1) is 29.2 Å². The summed E-state index contributed by atoms with van der Waals surface area (Å²) >= 11 is 1.48. The van der Waals surface area contributed by atoms with E-state index >= 15 is 0 Å². The number of ether oxygens (including phenoxy) is 1. The Balaban J connectivity index is 2.20. The van der Waals surface area contributed by atoms with E-state index in [9.17, 15) is 9.59 Å². The lowest BCUT2D eigenvalue weighted by Gasteiger charge is -2.43. The fraction of sp³-hybridized carbons (Fsp3) is 0.556. The number of carboxylic acids is 1. The van der Waals surface area contributed by atoms with Crippen molar-refractivity contribution in [1.29, 1.82) is 0 Å². The van der Waals surface area contributed by atoms with E-state index in [0.717, 1.165) is 0 Å². The summed E-state index contributed by atoms with van der Waals surface area (Å²) in [5.74, 6) is -0.996. The molecule has 2 atom stereocenters. The van der Waals surface area contributed by atoms with E-state index in [1.54, 1.807) is 7.11 Å². The first-order valence-corrected chi connectivity index (χ1v) is 5.48. The van der Waals surface area contributed by atoms with Crippen LogP contribution in [0.3, 0.4) is 0 Å². The van der Waals surface area contributed by atoms with Crippen LogP contribution in [0.1, 0.15) is 6.42 Å². The highest BCUT2D eigenvalue weighted by molar-refractivity contribution is 8.00. The smallest absolute Gasteiger partial charge is 0.334 e. The maximum atomic E-state index is 11.1. The number of thioether (sulfide) groups is 1. The minimum absolute atomic E-state index is 0.0119. The molecule has 0 aromatic carbocycles. The van der Waals surface area contributed by atoms with Crippen molar-refractivity contribution in [2.24, 2.45) is 0 Å². The number of nitrogens with zero attached hydrogens (tertiary/aromatic N) is 1. The van der Waals surface area contributed by atoms with Gasteiger partial charge in [-0.15, -0.1) is 11.8 Å². The van der Waals surface area contributed by atoms with Crippen LogP contribution in [0.25, 0.3) is 0 Å². The molecule has 0 spiro atoms. The van der Waals surface area contributed by atoms with Crippen LogP contribution in [0.5, 0.6) is 0 Å². The minimum Gasteiger partial charge on any atom is -0.478 e. The Labute approximate surface area is 91.1 Å². The Kier molecular flexibility index (Phi) is 2.70. The first-order chi connectivity index (χ1) is 7.13. The van der Waals surface area contributed by atoms with Crippen LogP contribution in [0.4, 0.5) is 0 Å². The molecule has 0 aliphatic carbocycles. The van der Waals surface area contributed by atoms with Gasteiger partial charge in [-0.1, -0.05) is 0 Å². The molecule has 1 unspecified atom stereocenters. The molecule has 0 aromatic rings. The Morgan fingerprint density at radius 2 is 2.53 bits per heavy atom. The Morgan fingerprint density at radius 3 is 3.07 bits per heavy atom. The van der Waals surface area contributed by atoms with E-state index in [0.29, 0.717) is 13.0 Å². The number of hydrogen-bond acceptors (Lipinski definition) is 4. The number of methoxy groups -OCH3 is 1. The molecule has 6 heteroatoms. The summed E-state index contributed by atoms with van der Waals surface area (Å²) < 4.78 is 4.97. The van der Waals surface area contributed by atoms with Crippen molar-refractivity contribution in [3.63, 3.8) is 0 Å². The zero-order valence-corrected chi connectivity index (χ0v) is 8.99. The monoisotopic (exact) mass is 229 g/mol. The normalized spacial score (nSPS) is 29.3. The average molecular weight is 229 g/mol. The summed E-state index contributed by atoms with van der Waals surface area (Å²) in [6, 6.07) is 0. The SMILES string of the molecule is COCC1S[C@@H]2CC(=O)N2C=C1C(=O)O. The van der Waals surface area contributed by atoms with Gasteiger partial charge < -0.3 is 14.7 Å². The third-order valence-electron chi connectivity index (χ3n) is 2.46. The standard InChI is InChI=1S/C9H11NO4S/c1-14-4-6-5(9(12)13)3-10-7(11)2-8(10)15-6/h3,6,8H,2,4H2,1H3,(H,12,13)/t6?,8-/m1/s1. The maximum Gasteiger partial charge on any atom is 0.334 e. The van der Waals surface area contributed by atoms with Crippen LogP contribution < -0.4 is 0 Å². The minimum atomic E-state index is -0.984. The highest BCUT2D eigenvalue weighted by Gasteiger charge is 2.43. The molecule has 1 amide bonds. The number of hydrogen-bond donors (Lipinski definition) is 1. The number of aliphatic carboxylic acids is 1. The van der Waals surface area contributed by atoms with Gasteiger partial charge in [0.1, 0.15) is 0 Å². The molecule has 82 valence electrons. The number of rotatable bonds is 3. The fourth-order valence-electron chi connectivity index (χ4n) is 1.64. The molecule has 2 aliphatic heterocycles. The van der Waals surface area contributed by atoms with Gasteiger partial charge in [0, 0.05) is 13.3 Å². The molecule has 1 saturated heterocycles. The van der Waals surface area contributed by atoms with Gasteiger partial charge in [0.25, 0.3) is 0 Å². The van der Waals surface area contributed by atoms with Gasteiger partial charge in [-0.3, -0.25) is 4.79 Å². The van der Waals surface area contributed by atoms with Gasteiger partial charge in [-0.25, -0.2) is 4.79 Å². The van der Waals surface area contributed by atoms with Crippen LogP contribution in [0, 0.1) is 0 Å². The van der Waals surface area contributed by atoms with Crippen LogP contribution in [0.2, 0.25) is 0 Å². The van der Waals surface area contributed by atoms with Crippen molar-refractivity contribution >= 4 is 23.6 Å². The topological polar surface area (TPSA) is 66.8 Å². The summed E-state index contributed by atoms with van der Waals surface area (Å²) in [5, 5.41) is 8.89. The number of carboxylic acid groups (broad SMARTS) is 1. The second-order valence-corrected chi connectivity index (χ2v) is 4.81. The summed E-state index contributed by atoms with van der Waals surface area (Å²) in [6.45, 7) is 0.362. The van der Waals surface area contributed by atoms with Crippen molar-refractivity contribution < 1.29 is 19.4 Å². The molecular weight excluding hydrogens is 218 g/mol. The second-order valence-electron chi connectivity index (χ2n) is 3.43. The summed E-state index contributed by atoms with van der Waals surface area (Å²) in [5.41, 5.74) is 0.242. The van der Waals surface area contributed by atoms with Crippen molar-refractivity contribution in [2.45, 2.75) is 17.0 Å². The number of carbonyl (C=O) groups excluding carboxylic acids is 1. The van der Waals surface area contributed by atoms with E-state index in [-0.39, 0.29) is 22.1 Å². The van der Waals surface area contributed by atoms with Crippen molar-refractivity contribution in [2.75, 3.05) is 13.7 Å². The molecule has 0 radical (unpaired) electrons. The molecule has 0 saturated carbocycles. The number of carbonyl (C=O) groups is 2. The van der Waals surface area contributed by atoms with E-state index < -0.39 is 5.97 Å². The largest absolute Gasteiger partial charge is 0.478 e. The summed E-state index contributed by atoms with van der Waals surface area (Å²) in [7, 11) is 1.54. The lowest BCUT2D eigenvalue weighted by atomic mass is 10.1. The quantitative estimate of drug-likeness (QED) is 0.704. The molecule has 15 heavy (non-hydrogen) atoms. The van der Waals surface area contributed by atoms with Crippen LogP contribution >= 0.6 is 11.8 Å². The van der Waals surface area contributed by atoms with Gasteiger partial charge in [-0.05, 0) is 0 Å². The van der Waals surface area contributed by atoms with Crippen LogP contribution in [-0.4, -0.2) is 46.2 Å². The first-order valence-electron chi connectivity index (χ1n) is 4.54. The van der Waals surface area contributed by atoms with E-state index in [4.69, 9.17) is 9.84 Å². The second kappa shape index (κ2) is 3.86. The molecule has 5 nitrogen and oxygen atoms in total. The molecule has 1 fully saturated rings. The third kappa shape index (κ3) is 1.74. The van der Waals surface area contributed by atoms with Gasteiger partial charge in [0.15, 0.2) is 0 Å². The Morgan fingerprint density at radius 1 is 1.80 bits per heavy atom. The predicted molar refractivity (Wildman–Crippen MR) is 54.2 cm³/mol. The highest BCUT2D eigenvalue weighted by atomic mass is 32.2. The number of fused-ring (bicyclic) bond motifs is 1. The number of amides is 1. The molecule has 2 rings (SSSR count). The molecule has 2 aliphatic rings. The van der Waals surface area contributed by atoms with Gasteiger partial charge in [0.2, 0.25) is 5.91 Å². The van der Waals surface area contributed by atoms with Gasteiger partial charge >= 0.3 is 5.97 Å². The molecular formula is C9H11NO4S. The van der Waals surface area contributed by atoms with Crippen LogP contribution in [-0.2, 0) is 14.3 Å². The van der Waals surface area contributed by atoms with Crippen molar-refractivity contribution in [1.82, 2.24) is 4.90 Å². The lowest BCUT2D eigenvalue weighted by molar-refractivity contribution is -0.138. The van der Waals surface area contributed by atoms with Crippen LogP contribution in [0.15, 0.2) is 11.8 Å². The zero-order chi connectivity index (χ0) is 11.0. The molecule has 2 heterocycles. The van der Waals surface area contributed by atoms with E-state index in [1.165, 1.54) is 22.9 Å². The Bertz CT molecular complexity index is 341. The molecule has 0 aromatic heterocycles. The van der Waals surface area contributed by atoms with E-state index in [1.807, 2.05) is 0 Å². The van der Waals surface area contributed by atoms with Gasteiger partial charge in [-0.2, -0.15) is 0 Å². The Hall–Kier alpha value is -1.01. The molecule has 1 N–H and O–H groups in total. The fourth-order valence-corrected chi connectivity index (χ4v) is 3.09. The first kappa shape index (κ1) is 10.5. The molecule has 0 bridgehead atoms. The summed E-state index contributed by atoms with van der Waals surface area (Å²) in [6.07, 6.45) is 1.94. The maximum absolute atomic E-state index is 11.1.